The summed E-state index contributed by atoms with van der Waals surface area (Å²) >= 11 is 0. The van der Waals surface area contributed by atoms with Gasteiger partial charge in [0.1, 0.15) is 6.54 Å². The van der Waals surface area contributed by atoms with Crippen molar-refractivity contribution in [1.82, 2.24) is 33.9 Å². The van der Waals surface area contributed by atoms with E-state index in [0.29, 0.717) is 17.5 Å². The maximum absolute atomic E-state index is 13.6. The quantitative estimate of drug-likeness (QED) is 0.311. The van der Waals surface area contributed by atoms with E-state index in [-0.39, 0.29) is 60.4 Å². The average Bonchev–Trinajstić information content (AvgIpc) is 3.71. The van der Waals surface area contributed by atoms with Crippen LogP contribution in [0.1, 0.15) is 35.6 Å². The van der Waals surface area contributed by atoms with Crippen LogP contribution in [-0.4, -0.2) is 98.7 Å². The second-order valence-corrected chi connectivity index (χ2v) is 12.9. The van der Waals surface area contributed by atoms with E-state index in [1.54, 1.807) is 0 Å². The molecule has 5 rings (SSSR count). The second kappa shape index (κ2) is 13.0. The molecule has 1 aliphatic carbocycles. The zero-order valence-corrected chi connectivity index (χ0v) is 25.2. The number of alkyl halides is 5. The third-order valence-corrected chi connectivity index (χ3v) is 9.80. The van der Waals surface area contributed by atoms with Crippen molar-refractivity contribution in [2.75, 3.05) is 31.5 Å². The lowest BCUT2D eigenvalue weighted by molar-refractivity contribution is -0.141. The van der Waals surface area contributed by atoms with E-state index in [2.05, 4.69) is 20.7 Å². The number of aliphatic hydroxyl groups is 1. The number of aromatic nitrogens is 4. The van der Waals surface area contributed by atoms with Crippen LogP contribution in [0.4, 0.5) is 32.4 Å². The van der Waals surface area contributed by atoms with Crippen LogP contribution >= 0.6 is 0 Å². The van der Waals surface area contributed by atoms with Gasteiger partial charge < -0.3 is 25.2 Å². The minimum atomic E-state index is -4.96. The molecule has 3 N–H and O–H groups in total. The van der Waals surface area contributed by atoms with Crippen molar-refractivity contribution in [2.45, 2.75) is 55.5 Å². The van der Waals surface area contributed by atoms with Crippen LogP contribution in [0.25, 0.3) is 11.3 Å². The van der Waals surface area contributed by atoms with E-state index in [9.17, 15) is 45.1 Å². The largest absolute Gasteiger partial charge is 0.435 e. The van der Waals surface area contributed by atoms with Crippen LogP contribution in [0.3, 0.4) is 0 Å². The third kappa shape index (κ3) is 7.00. The van der Waals surface area contributed by atoms with Crippen molar-refractivity contribution in [3.63, 3.8) is 0 Å². The zero-order chi connectivity index (χ0) is 33.4. The summed E-state index contributed by atoms with van der Waals surface area (Å²) in [4.78, 5) is 30.8. The zero-order valence-electron chi connectivity index (χ0n) is 24.4. The summed E-state index contributed by atoms with van der Waals surface area (Å²) in [6.07, 6.45) is -4.57. The predicted molar refractivity (Wildman–Crippen MR) is 152 cm³/mol. The Morgan fingerprint density at radius 1 is 1.09 bits per heavy atom. The topological polar surface area (TPSA) is 155 Å². The number of hydrogen-bond donors (Lipinski definition) is 3. The molecule has 1 saturated heterocycles. The van der Waals surface area contributed by atoms with Crippen molar-refractivity contribution >= 4 is 27.6 Å². The Labute approximate surface area is 260 Å². The van der Waals surface area contributed by atoms with E-state index >= 15 is 0 Å². The van der Waals surface area contributed by atoms with Gasteiger partial charge in [-0.2, -0.15) is 22.6 Å². The molecule has 0 unspecified atom stereocenters. The summed E-state index contributed by atoms with van der Waals surface area (Å²) in [5.41, 5.74) is -1.96. The molecule has 1 aromatic carbocycles. The summed E-state index contributed by atoms with van der Waals surface area (Å²) in [6, 6.07) is 4.55. The normalized spacial score (nSPS) is 19.5. The molecule has 1 saturated carbocycles. The van der Waals surface area contributed by atoms with Gasteiger partial charge in [0.2, 0.25) is 10.0 Å². The third-order valence-electron chi connectivity index (χ3n) is 7.89. The number of anilines is 1. The number of nitrogens with one attached hydrogen (secondary N) is 2. The molecule has 2 aliphatic rings. The summed E-state index contributed by atoms with van der Waals surface area (Å²) in [5, 5.41) is 18.5. The molecule has 3 heterocycles. The SMILES string of the molecule is Cn1c(-c2cn(CC(F)F)nc2C(F)(F)F)cnc1C(=O)Nc1ccc(S(=O)(=O)N2CCN(C(=O)N[C@@H]3CCC[C@H]3O)CC2)cc1. The smallest absolute Gasteiger partial charge is 0.391 e. The minimum absolute atomic E-state index is 0.0556. The molecule has 0 spiro atoms. The van der Waals surface area contributed by atoms with Gasteiger partial charge in [0.05, 0.1) is 34.5 Å². The molecule has 250 valence electrons. The van der Waals surface area contributed by atoms with Crippen molar-refractivity contribution < 1.29 is 45.1 Å². The van der Waals surface area contributed by atoms with E-state index in [1.165, 1.54) is 40.5 Å². The number of imidazole rings is 1. The van der Waals surface area contributed by atoms with Crippen molar-refractivity contribution in [3.8, 4) is 11.3 Å². The van der Waals surface area contributed by atoms with E-state index in [4.69, 9.17) is 0 Å². The van der Waals surface area contributed by atoms with Crippen LogP contribution < -0.4 is 10.6 Å². The molecule has 2 aromatic heterocycles. The first-order valence-corrected chi connectivity index (χ1v) is 15.7. The van der Waals surface area contributed by atoms with Gasteiger partial charge in [-0.25, -0.2) is 27.0 Å². The number of sulfonamides is 1. The first kappa shape index (κ1) is 33.3. The number of carbonyl (C=O) groups excluding carboxylic acids is 2. The van der Waals surface area contributed by atoms with Crippen molar-refractivity contribution in [2.24, 2.45) is 7.05 Å². The monoisotopic (exact) mass is 674 g/mol. The molecule has 0 bridgehead atoms. The van der Waals surface area contributed by atoms with E-state index in [1.807, 2.05) is 0 Å². The number of rotatable bonds is 8. The molecule has 1 aliphatic heterocycles. The Bertz CT molecular complexity index is 1680. The molecule has 2 atom stereocenters. The lowest BCUT2D eigenvalue weighted by atomic mass is 10.2. The number of carbonyl (C=O) groups is 2. The fourth-order valence-electron chi connectivity index (χ4n) is 5.46. The summed E-state index contributed by atoms with van der Waals surface area (Å²) in [6.45, 7) is -0.629. The lowest BCUT2D eigenvalue weighted by Gasteiger charge is -2.34. The van der Waals surface area contributed by atoms with Gasteiger partial charge in [0.15, 0.2) is 11.5 Å². The lowest BCUT2D eigenvalue weighted by Crippen LogP contribution is -2.55. The van der Waals surface area contributed by atoms with Crippen LogP contribution in [0.15, 0.2) is 41.6 Å². The molecular weight excluding hydrogens is 643 g/mol. The molecule has 3 aromatic rings. The molecular formula is C27H31F5N8O5S. The summed E-state index contributed by atoms with van der Waals surface area (Å²) in [7, 11) is -2.66. The highest BCUT2D eigenvalue weighted by atomic mass is 32.2. The molecule has 46 heavy (non-hydrogen) atoms. The number of amides is 3. The Morgan fingerprint density at radius 3 is 2.35 bits per heavy atom. The Hall–Kier alpha value is -4.10. The number of piperazine rings is 1. The Kier molecular flexibility index (Phi) is 9.37. The second-order valence-electron chi connectivity index (χ2n) is 11.0. The molecule has 2 fully saturated rings. The molecule has 0 radical (unpaired) electrons. The van der Waals surface area contributed by atoms with E-state index in [0.717, 1.165) is 23.4 Å². The number of aliphatic hydroxyl groups excluding tert-OH is 1. The van der Waals surface area contributed by atoms with Gasteiger partial charge in [-0.3, -0.25) is 9.48 Å². The van der Waals surface area contributed by atoms with Crippen LogP contribution in [0, 0.1) is 0 Å². The number of benzene rings is 1. The first-order chi connectivity index (χ1) is 21.6. The number of nitrogens with zero attached hydrogens (tertiary/aromatic N) is 6. The highest BCUT2D eigenvalue weighted by molar-refractivity contribution is 7.89. The highest BCUT2D eigenvalue weighted by Gasteiger charge is 2.39. The molecule has 19 heteroatoms. The van der Waals surface area contributed by atoms with Crippen molar-refractivity contribution in [3.05, 3.63) is 48.2 Å². The maximum Gasteiger partial charge on any atom is 0.435 e. The van der Waals surface area contributed by atoms with E-state index < -0.39 is 52.4 Å². The average molecular weight is 675 g/mol. The maximum atomic E-state index is 13.6. The molecule has 13 nitrogen and oxygen atoms in total. The minimum Gasteiger partial charge on any atom is -0.391 e. The van der Waals surface area contributed by atoms with Crippen LogP contribution in [0.5, 0.6) is 0 Å². The number of halogens is 5. The highest BCUT2D eigenvalue weighted by Crippen LogP contribution is 2.36. The standard InChI is InChI=1S/C27H31F5N8O5S/c1-37-20(18-14-39(15-22(28)29)36-23(18)27(30,31)32)13-33-24(37)25(42)34-16-5-7-17(8-6-16)46(44,45)40-11-9-38(10-12-40)26(43)35-19-3-2-4-21(19)41/h5-8,13-14,19,21-22,41H,2-4,9-12,15H2,1H3,(H,34,42)(H,35,43)/t19-,21-/m1/s1. The van der Waals surface area contributed by atoms with Gasteiger partial charge in [-0.05, 0) is 43.5 Å². The summed E-state index contributed by atoms with van der Waals surface area (Å²) < 4.78 is 95.6. The van der Waals surface area contributed by atoms with Gasteiger partial charge in [0, 0.05) is 45.1 Å². The predicted octanol–water partition coefficient (Wildman–Crippen LogP) is 2.75. The first-order valence-electron chi connectivity index (χ1n) is 14.2. The fourth-order valence-corrected chi connectivity index (χ4v) is 6.88. The van der Waals surface area contributed by atoms with Crippen molar-refractivity contribution in [1.29, 1.82) is 0 Å². The van der Waals surface area contributed by atoms with Gasteiger partial charge in [-0.1, -0.05) is 0 Å². The van der Waals surface area contributed by atoms with Gasteiger partial charge >= 0.3 is 12.2 Å². The Morgan fingerprint density at radius 2 is 1.76 bits per heavy atom. The number of urea groups is 1. The Balaban J connectivity index is 1.22. The van der Waals surface area contributed by atoms with Gasteiger partial charge in [0.25, 0.3) is 12.3 Å². The van der Waals surface area contributed by atoms with Gasteiger partial charge in [-0.15, -0.1) is 0 Å². The van der Waals surface area contributed by atoms with Crippen LogP contribution in [-0.2, 0) is 29.8 Å². The number of hydrogen-bond acceptors (Lipinski definition) is 7. The molecule has 3 amide bonds. The van der Waals surface area contributed by atoms with Crippen LogP contribution in [0.2, 0.25) is 0 Å². The fraction of sp³-hybridized carbons (Fsp3) is 0.481. The summed E-state index contributed by atoms with van der Waals surface area (Å²) in [5.74, 6) is -1.12.